The van der Waals surface area contributed by atoms with Crippen LogP contribution in [-0.4, -0.2) is 44.3 Å². The van der Waals surface area contributed by atoms with Gasteiger partial charge in [0, 0.05) is 18.7 Å². The molecule has 0 radical (unpaired) electrons. The number of ether oxygens (including phenoxy) is 2. The molecule has 1 amide bonds. The number of benzene rings is 2. The minimum atomic E-state index is -0.418. The third-order valence-electron chi connectivity index (χ3n) is 4.38. The molecule has 0 unspecified atom stereocenters. The molecule has 0 aliphatic carbocycles. The lowest BCUT2D eigenvalue weighted by Crippen LogP contribution is -2.36. The van der Waals surface area contributed by atoms with Crippen LogP contribution in [0.25, 0.3) is 10.2 Å². The first-order valence-corrected chi connectivity index (χ1v) is 9.34. The Morgan fingerprint density at radius 1 is 1.26 bits per heavy atom. The summed E-state index contributed by atoms with van der Waals surface area (Å²) in [5.74, 6) is -0.0863. The standard InChI is InChI=1S/C19H18FN3O3S/c1-25-13-3-4-15-17(11-13)27-19(21-15)22-18(24)12-2-5-16(14(20)10-12)23-6-8-26-9-7-23/h2-5,10-11H,6-9H2,1H3,(H,21,22,24). The first-order chi connectivity index (χ1) is 13.1. The average molecular weight is 387 g/mol. The van der Waals surface area contributed by atoms with Crippen molar-refractivity contribution in [3.63, 3.8) is 0 Å². The molecule has 27 heavy (non-hydrogen) atoms. The van der Waals surface area contributed by atoms with Gasteiger partial charge in [-0.05, 0) is 36.4 Å². The molecule has 6 nitrogen and oxygen atoms in total. The molecular weight excluding hydrogens is 369 g/mol. The van der Waals surface area contributed by atoms with Gasteiger partial charge in [-0.1, -0.05) is 11.3 Å². The molecule has 2 heterocycles. The lowest BCUT2D eigenvalue weighted by Gasteiger charge is -2.29. The van der Waals surface area contributed by atoms with E-state index in [-0.39, 0.29) is 5.56 Å². The second kappa shape index (κ2) is 7.50. The van der Waals surface area contributed by atoms with Crippen molar-refractivity contribution in [3.05, 3.63) is 47.8 Å². The van der Waals surface area contributed by atoms with Gasteiger partial charge in [0.1, 0.15) is 11.6 Å². The van der Waals surface area contributed by atoms with Crippen LogP contribution in [0.3, 0.4) is 0 Å². The Hall–Kier alpha value is -2.71. The second-order valence-corrected chi connectivity index (χ2v) is 7.10. The summed E-state index contributed by atoms with van der Waals surface area (Å²) >= 11 is 1.34. The molecule has 3 aromatic rings. The van der Waals surface area contributed by atoms with Crippen LogP contribution < -0.4 is 15.0 Å². The molecule has 140 valence electrons. The SMILES string of the molecule is COc1ccc2nc(NC(=O)c3ccc(N4CCOCC4)c(F)c3)sc2c1. The predicted molar refractivity (Wildman–Crippen MR) is 104 cm³/mol. The molecule has 0 atom stereocenters. The van der Waals surface area contributed by atoms with Crippen LogP contribution in [0.5, 0.6) is 5.75 Å². The molecule has 1 fully saturated rings. The number of morpholine rings is 1. The van der Waals surface area contributed by atoms with Crippen molar-refractivity contribution in [2.45, 2.75) is 0 Å². The average Bonchev–Trinajstić information content (AvgIpc) is 3.09. The Kier molecular flexibility index (Phi) is 4.91. The van der Waals surface area contributed by atoms with Crippen molar-refractivity contribution in [1.82, 2.24) is 4.98 Å². The fraction of sp³-hybridized carbons (Fsp3) is 0.263. The normalized spacial score (nSPS) is 14.4. The van der Waals surface area contributed by atoms with Crippen LogP contribution in [0, 0.1) is 5.82 Å². The van der Waals surface area contributed by atoms with Crippen molar-refractivity contribution in [2.24, 2.45) is 0 Å². The highest BCUT2D eigenvalue weighted by atomic mass is 32.1. The Morgan fingerprint density at radius 2 is 2.07 bits per heavy atom. The van der Waals surface area contributed by atoms with E-state index in [1.54, 1.807) is 19.2 Å². The van der Waals surface area contributed by atoms with E-state index in [0.717, 1.165) is 16.0 Å². The number of carbonyl (C=O) groups excluding carboxylic acids is 1. The van der Waals surface area contributed by atoms with Crippen LogP contribution in [0.2, 0.25) is 0 Å². The number of aromatic nitrogens is 1. The summed E-state index contributed by atoms with van der Waals surface area (Å²) in [5.41, 5.74) is 1.51. The number of amides is 1. The smallest absolute Gasteiger partial charge is 0.257 e. The molecule has 2 aromatic carbocycles. The molecule has 4 rings (SSSR count). The van der Waals surface area contributed by atoms with Gasteiger partial charge in [-0.2, -0.15) is 0 Å². The number of thiazole rings is 1. The monoisotopic (exact) mass is 387 g/mol. The van der Waals surface area contributed by atoms with E-state index in [1.807, 2.05) is 23.1 Å². The van der Waals surface area contributed by atoms with E-state index in [0.29, 0.717) is 37.1 Å². The number of nitrogens with one attached hydrogen (secondary N) is 1. The zero-order chi connectivity index (χ0) is 18.8. The minimum absolute atomic E-state index is 0.251. The van der Waals surface area contributed by atoms with Crippen LogP contribution in [-0.2, 0) is 4.74 Å². The molecule has 1 aliphatic rings. The topological polar surface area (TPSA) is 63.7 Å². The largest absolute Gasteiger partial charge is 0.497 e. The number of halogens is 1. The number of methoxy groups -OCH3 is 1. The molecular formula is C19H18FN3O3S. The molecule has 0 spiro atoms. The zero-order valence-electron chi connectivity index (χ0n) is 14.7. The maximum Gasteiger partial charge on any atom is 0.257 e. The van der Waals surface area contributed by atoms with Gasteiger partial charge in [-0.3, -0.25) is 10.1 Å². The van der Waals surface area contributed by atoms with E-state index >= 15 is 0 Å². The zero-order valence-corrected chi connectivity index (χ0v) is 15.5. The van der Waals surface area contributed by atoms with Crippen LogP contribution >= 0.6 is 11.3 Å². The van der Waals surface area contributed by atoms with Gasteiger partial charge in [0.2, 0.25) is 0 Å². The number of hydrogen-bond donors (Lipinski definition) is 1. The first kappa shape index (κ1) is 17.7. The molecule has 0 bridgehead atoms. The van der Waals surface area contributed by atoms with Gasteiger partial charge in [0.05, 0.1) is 36.2 Å². The number of hydrogen-bond acceptors (Lipinski definition) is 6. The fourth-order valence-corrected chi connectivity index (χ4v) is 3.85. The van der Waals surface area contributed by atoms with Crippen molar-refractivity contribution in [1.29, 1.82) is 0 Å². The van der Waals surface area contributed by atoms with Gasteiger partial charge in [0.25, 0.3) is 5.91 Å². The van der Waals surface area contributed by atoms with Crippen molar-refractivity contribution in [3.8, 4) is 5.75 Å². The van der Waals surface area contributed by atoms with Crippen molar-refractivity contribution < 1.29 is 18.7 Å². The lowest BCUT2D eigenvalue weighted by atomic mass is 10.1. The summed E-state index contributed by atoms with van der Waals surface area (Å²) in [4.78, 5) is 18.8. The highest BCUT2D eigenvalue weighted by molar-refractivity contribution is 7.22. The van der Waals surface area contributed by atoms with E-state index in [1.165, 1.54) is 17.4 Å². The number of fused-ring (bicyclic) bond motifs is 1. The maximum absolute atomic E-state index is 14.5. The summed E-state index contributed by atoms with van der Waals surface area (Å²) in [7, 11) is 1.60. The number of nitrogens with zero attached hydrogens (tertiary/aromatic N) is 2. The van der Waals surface area contributed by atoms with Crippen molar-refractivity contribution >= 4 is 38.3 Å². The third kappa shape index (κ3) is 3.72. The maximum atomic E-state index is 14.5. The Bertz CT molecular complexity index is 985. The summed E-state index contributed by atoms with van der Waals surface area (Å²) in [6, 6.07) is 10.0. The van der Waals surface area contributed by atoms with Crippen molar-refractivity contribution in [2.75, 3.05) is 43.6 Å². The Labute approximate surface area is 159 Å². The third-order valence-corrected chi connectivity index (χ3v) is 5.31. The minimum Gasteiger partial charge on any atom is -0.497 e. The van der Waals surface area contributed by atoms with Gasteiger partial charge in [-0.25, -0.2) is 9.37 Å². The number of rotatable bonds is 4. The highest BCUT2D eigenvalue weighted by Gasteiger charge is 2.17. The molecule has 1 saturated heterocycles. The molecule has 1 aromatic heterocycles. The van der Waals surface area contributed by atoms with Gasteiger partial charge in [0.15, 0.2) is 5.13 Å². The predicted octanol–water partition coefficient (Wildman–Crippen LogP) is 3.53. The first-order valence-electron chi connectivity index (χ1n) is 8.52. The molecule has 8 heteroatoms. The summed E-state index contributed by atoms with van der Waals surface area (Å²) in [6.07, 6.45) is 0. The van der Waals surface area contributed by atoms with E-state index in [4.69, 9.17) is 9.47 Å². The summed E-state index contributed by atoms with van der Waals surface area (Å²) < 4.78 is 25.9. The van der Waals surface area contributed by atoms with E-state index in [2.05, 4.69) is 10.3 Å². The fourth-order valence-electron chi connectivity index (χ4n) is 2.96. The highest BCUT2D eigenvalue weighted by Crippen LogP contribution is 2.29. The van der Waals surface area contributed by atoms with Gasteiger partial charge in [-0.15, -0.1) is 0 Å². The van der Waals surface area contributed by atoms with Gasteiger partial charge < -0.3 is 14.4 Å². The molecule has 1 aliphatic heterocycles. The molecule has 0 saturated carbocycles. The Morgan fingerprint density at radius 3 is 2.81 bits per heavy atom. The number of anilines is 2. The van der Waals surface area contributed by atoms with Crippen LogP contribution in [0.1, 0.15) is 10.4 Å². The summed E-state index contributed by atoms with van der Waals surface area (Å²) in [5, 5.41) is 3.20. The quantitative estimate of drug-likeness (QED) is 0.742. The van der Waals surface area contributed by atoms with Crippen LogP contribution in [0.15, 0.2) is 36.4 Å². The lowest BCUT2D eigenvalue weighted by molar-refractivity contribution is 0.102. The molecule has 1 N–H and O–H groups in total. The van der Waals surface area contributed by atoms with Gasteiger partial charge >= 0.3 is 0 Å². The van der Waals surface area contributed by atoms with E-state index < -0.39 is 11.7 Å². The second-order valence-electron chi connectivity index (χ2n) is 6.07. The van der Waals surface area contributed by atoms with E-state index in [9.17, 15) is 9.18 Å². The number of carbonyl (C=O) groups is 1. The summed E-state index contributed by atoms with van der Waals surface area (Å²) in [6.45, 7) is 2.42. The van der Waals surface area contributed by atoms with Crippen LogP contribution in [0.4, 0.5) is 15.2 Å². The Balaban J connectivity index is 1.51.